The minimum absolute atomic E-state index is 1.17. The molecular formula is C14H17N. The van der Waals surface area contributed by atoms with Crippen molar-refractivity contribution in [3.05, 3.63) is 40.5 Å². The van der Waals surface area contributed by atoms with Gasteiger partial charge in [-0.15, -0.1) is 0 Å². The van der Waals surface area contributed by atoms with Gasteiger partial charge in [-0.1, -0.05) is 23.8 Å². The van der Waals surface area contributed by atoms with E-state index in [2.05, 4.69) is 37.1 Å². The molecule has 1 aromatic rings. The van der Waals surface area contributed by atoms with Gasteiger partial charge in [0.2, 0.25) is 0 Å². The lowest BCUT2D eigenvalue weighted by molar-refractivity contribution is 0.358. The van der Waals surface area contributed by atoms with Gasteiger partial charge in [-0.3, -0.25) is 0 Å². The Kier molecular flexibility index (Phi) is 1.96. The molecule has 1 heterocycles. The average molecular weight is 199 g/mol. The van der Waals surface area contributed by atoms with E-state index in [-0.39, 0.29) is 0 Å². The van der Waals surface area contributed by atoms with Crippen molar-refractivity contribution in [1.29, 1.82) is 0 Å². The summed E-state index contributed by atoms with van der Waals surface area (Å²) in [4.78, 5) is 2.43. The largest absolute Gasteiger partial charge is 0.302 e. The number of aryl methyl sites for hydroxylation is 1. The van der Waals surface area contributed by atoms with Gasteiger partial charge in [0.15, 0.2) is 0 Å². The average Bonchev–Trinajstić information content (AvgIpc) is 2.54. The molecule has 0 N–H and O–H groups in total. The maximum Gasteiger partial charge on any atom is 0.0199 e. The van der Waals surface area contributed by atoms with Crippen LogP contribution in [-0.2, 0) is 6.42 Å². The second-order valence-electron chi connectivity index (χ2n) is 4.91. The topological polar surface area (TPSA) is 3.24 Å². The van der Waals surface area contributed by atoms with Crippen LogP contribution in [0.5, 0.6) is 0 Å². The third-order valence-corrected chi connectivity index (χ3v) is 3.63. The van der Waals surface area contributed by atoms with E-state index in [1.165, 1.54) is 37.1 Å². The molecule has 1 heteroatoms. The summed E-state index contributed by atoms with van der Waals surface area (Å²) in [5.41, 5.74) is 7.77. The molecule has 0 saturated carbocycles. The monoisotopic (exact) mass is 199 g/mol. The summed E-state index contributed by atoms with van der Waals surface area (Å²) in [6, 6.07) is 6.91. The quantitative estimate of drug-likeness (QED) is 0.621. The number of likely N-dealkylation sites (N-methyl/N-ethyl adjacent to an activating group) is 1. The van der Waals surface area contributed by atoms with Crippen molar-refractivity contribution >= 4 is 5.57 Å². The minimum atomic E-state index is 1.17. The molecule has 0 aromatic heterocycles. The number of fused-ring (bicyclic) bond motifs is 2. The summed E-state index contributed by atoms with van der Waals surface area (Å²) in [6.45, 7) is 4.57. The van der Waals surface area contributed by atoms with Crippen LogP contribution >= 0.6 is 0 Å². The Morgan fingerprint density at radius 2 is 2.13 bits per heavy atom. The summed E-state index contributed by atoms with van der Waals surface area (Å²) in [7, 11) is 2.22. The van der Waals surface area contributed by atoms with Gasteiger partial charge in [0.25, 0.3) is 0 Å². The van der Waals surface area contributed by atoms with Crippen molar-refractivity contribution in [2.24, 2.45) is 0 Å². The van der Waals surface area contributed by atoms with E-state index in [0.717, 1.165) is 0 Å². The molecule has 0 spiro atoms. The summed E-state index contributed by atoms with van der Waals surface area (Å²) in [5, 5.41) is 0. The Hall–Kier alpha value is -1.08. The molecule has 2 aliphatic rings. The summed E-state index contributed by atoms with van der Waals surface area (Å²) < 4.78 is 0. The molecule has 0 saturated heterocycles. The zero-order valence-electron chi connectivity index (χ0n) is 9.51. The number of hydrogen-bond acceptors (Lipinski definition) is 1. The predicted molar refractivity (Wildman–Crippen MR) is 63.9 cm³/mol. The number of nitrogens with zero attached hydrogens (tertiary/aromatic N) is 1. The lowest BCUT2D eigenvalue weighted by Gasteiger charge is -2.24. The predicted octanol–water partition coefficient (Wildman–Crippen LogP) is 2.64. The first kappa shape index (κ1) is 9.17. The van der Waals surface area contributed by atoms with Crippen LogP contribution in [0, 0.1) is 6.92 Å². The van der Waals surface area contributed by atoms with Gasteiger partial charge in [0, 0.05) is 13.1 Å². The fourth-order valence-electron chi connectivity index (χ4n) is 2.82. The Morgan fingerprint density at radius 3 is 3.00 bits per heavy atom. The van der Waals surface area contributed by atoms with E-state index in [1.54, 1.807) is 16.7 Å². The first-order chi connectivity index (χ1) is 7.24. The second kappa shape index (κ2) is 3.21. The molecule has 1 aromatic carbocycles. The number of rotatable bonds is 0. The zero-order valence-corrected chi connectivity index (χ0v) is 9.51. The fraction of sp³-hybridized carbons (Fsp3) is 0.429. The second-order valence-corrected chi connectivity index (χ2v) is 4.91. The molecule has 0 bridgehead atoms. The van der Waals surface area contributed by atoms with Gasteiger partial charge in [-0.2, -0.15) is 0 Å². The maximum atomic E-state index is 2.43. The molecule has 1 nitrogen and oxygen atoms in total. The van der Waals surface area contributed by atoms with Gasteiger partial charge in [-0.05, 0) is 49.1 Å². The zero-order chi connectivity index (χ0) is 10.4. The molecule has 0 radical (unpaired) electrons. The highest BCUT2D eigenvalue weighted by molar-refractivity contribution is 5.77. The summed E-state index contributed by atoms with van der Waals surface area (Å²) >= 11 is 0. The first-order valence-corrected chi connectivity index (χ1v) is 5.73. The highest BCUT2D eigenvalue weighted by Crippen LogP contribution is 2.37. The van der Waals surface area contributed by atoms with Crippen molar-refractivity contribution < 1.29 is 0 Å². The van der Waals surface area contributed by atoms with Crippen LogP contribution in [0.2, 0.25) is 0 Å². The van der Waals surface area contributed by atoms with Crippen LogP contribution < -0.4 is 0 Å². The lowest BCUT2D eigenvalue weighted by atomic mass is 9.98. The normalized spacial score (nSPS) is 20.4. The molecule has 0 unspecified atom stereocenters. The van der Waals surface area contributed by atoms with Gasteiger partial charge < -0.3 is 4.90 Å². The van der Waals surface area contributed by atoms with Crippen LogP contribution in [-0.4, -0.2) is 25.0 Å². The standard InChI is InChI=1S/C14H17N/c1-10-3-4-11-8-12-9-15(2)6-5-13(12)14(11)7-10/h3-4,7H,5-6,8-9H2,1-2H3. The van der Waals surface area contributed by atoms with Gasteiger partial charge in [0.1, 0.15) is 0 Å². The van der Waals surface area contributed by atoms with Crippen molar-refractivity contribution in [2.75, 3.05) is 20.1 Å². The maximum absolute atomic E-state index is 2.43. The van der Waals surface area contributed by atoms with E-state index in [9.17, 15) is 0 Å². The Labute approximate surface area is 91.4 Å². The van der Waals surface area contributed by atoms with E-state index < -0.39 is 0 Å². The number of benzene rings is 1. The molecule has 0 fully saturated rings. The third-order valence-electron chi connectivity index (χ3n) is 3.63. The SMILES string of the molecule is Cc1ccc2c(c1)C1=C(C2)CN(C)CC1. The molecule has 0 amide bonds. The van der Waals surface area contributed by atoms with E-state index in [4.69, 9.17) is 0 Å². The Morgan fingerprint density at radius 1 is 1.27 bits per heavy atom. The highest BCUT2D eigenvalue weighted by Gasteiger charge is 2.25. The van der Waals surface area contributed by atoms with Gasteiger partial charge in [-0.25, -0.2) is 0 Å². The minimum Gasteiger partial charge on any atom is -0.302 e. The molecule has 3 rings (SSSR count). The van der Waals surface area contributed by atoms with Gasteiger partial charge in [0.05, 0.1) is 0 Å². The molecule has 1 aliphatic carbocycles. The van der Waals surface area contributed by atoms with E-state index >= 15 is 0 Å². The summed E-state index contributed by atoms with van der Waals surface area (Å²) in [5.74, 6) is 0. The van der Waals surface area contributed by atoms with Gasteiger partial charge >= 0.3 is 0 Å². The number of hydrogen-bond donors (Lipinski definition) is 0. The van der Waals surface area contributed by atoms with Crippen LogP contribution in [0.4, 0.5) is 0 Å². The first-order valence-electron chi connectivity index (χ1n) is 5.73. The van der Waals surface area contributed by atoms with E-state index in [1.807, 2.05) is 0 Å². The van der Waals surface area contributed by atoms with Crippen LogP contribution in [0.1, 0.15) is 23.1 Å². The molecular weight excluding hydrogens is 182 g/mol. The van der Waals surface area contributed by atoms with Crippen molar-refractivity contribution in [3.8, 4) is 0 Å². The van der Waals surface area contributed by atoms with Crippen molar-refractivity contribution in [3.63, 3.8) is 0 Å². The van der Waals surface area contributed by atoms with Crippen LogP contribution in [0.3, 0.4) is 0 Å². The molecule has 78 valence electrons. The summed E-state index contributed by atoms with van der Waals surface area (Å²) in [6.07, 6.45) is 2.43. The fourth-order valence-corrected chi connectivity index (χ4v) is 2.82. The van der Waals surface area contributed by atoms with Crippen LogP contribution in [0.15, 0.2) is 23.8 Å². The van der Waals surface area contributed by atoms with Crippen LogP contribution in [0.25, 0.3) is 5.57 Å². The smallest absolute Gasteiger partial charge is 0.0199 e. The third kappa shape index (κ3) is 1.42. The van der Waals surface area contributed by atoms with Crippen molar-refractivity contribution in [2.45, 2.75) is 19.8 Å². The molecule has 15 heavy (non-hydrogen) atoms. The Balaban J connectivity index is 2.06. The molecule has 0 atom stereocenters. The van der Waals surface area contributed by atoms with E-state index in [0.29, 0.717) is 0 Å². The highest BCUT2D eigenvalue weighted by atomic mass is 15.1. The van der Waals surface area contributed by atoms with Crippen molar-refractivity contribution in [1.82, 2.24) is 4.90 Å². The Bertz CT molecular complexity index is 443. The lowest BCUT2D eigenvalue weighted by Crippen LogP contribution is -2.26. The molecule has 1 aliphatic heterocycles.